The van der Waals surface area contributed by atoms with Gasteiger partial charge in [-0.2, -0.15) is 8.42 Å². The van der Waals surface area contributed by atoms with Crippen LogP contribution in [0.15, 0.2) is 12.2 Å². The Morgan fingerprint density at radius 1 is 1.50 bits per heavy atom. The van der Waals surface area contributed by atoms with Crippen LogP contribution in [-0.4, -0.2) is 18.6 Å². The second kappa shape index (κ2) is 5.15. The summed E-state index contributed by atoms with van der Waals surface area (Å²) >= 11 is 0. The molecule has 0 amide bonds. The molecule has 80 valence electrons. The van der Waals surface area contributed by atoms with E-state index in [9.17, 15) is 8.42 Å². The van der Waals surface area contributed by atoms with Crippen molar-refractivity contribution in [3.05, 3.63) is 12.2 Å². The number of hydrogen-bond acceptors (Lipinski definition) is 3. The Morgan fingerprint density at radius 3 is 2.50 bits per heavy atom. The highest BCUT2D eigenvalue weighted by molar-refractivity contribution is 7.80. The van der Waals surface area contributed by atoms with E-state index in [0.29, 0.717) is 0 Å². The van der Waals surface area contributed by atoms with Gasteiger partial charge in [0.05, 0.1) is 0 Å². The van der Waals surface area contributed by atoms with Crippen LogP contribution in [0.1, 0.15) is 27.2 Å². The van der Waals surface area contributed by atoms with Gasteiger partial charge in [0.25, 0.3) is 0 Å². The van der Waals surface area contributed by atoms with E-state index in [-0.39, 0.29) is 0 Å². The molecule has 0 rings (SSSR count). The van der Waals surface area contributed by atoms with Crippen LogP contribution in [0, 0.1) is 11.8 Å². The lowest BCUT2D eigenvalue weighted by Crippen LogP contribution is -2.25. The van der Waals surface area contributed by atoms with Crippen LogP contribution in [-0.2, 0) is 14.6 Å². The van der Waals surface area contributed by atoms with Gasteiger partial charge in [-0.25, -0.2) is 4.18 Å². The molecule has 0 saturated heterocycles. The average Bonchev–Trinajstić information content (AvgIpc) is 1.93. The Labute approximate surface area is 84.9 Å². The van der Waals surface area contributed by atoms with E-state index < -0.39 is 16.0 Å². The van der Waals surface area contributed by atoms with Crippen molar-refractivity contribution >= 4 is 10.4 Å². The highest BCUT2D eigenvalue weighted by atomic mass is 32.3. The summed E-state index contributed by atoms with van der Waals surface area (Å²) in [5.41, 5.74) is -1.22. The predicted molar refractivity (Wildman–Crippen MR) is 53.9 cm³/mol. The number of hydrogen-bond donors (Lipinski definition) is 1. The van der Waals surface area contributed by atoms with E-state index in [1.54, 1.807) is 6.08 Å². The molecule has 0 aliphatic rings. The molecule has 5 heteroatoms. The van der Waals surface area contributed by atoms with Crippen LogP contribution in [0.4, 0.5) is 0 Å². The van der Waals surface area contributed by atoms with Crippen LogP contribution in [0.2, 0.25) is 0 Å². The zero-order valence-electron chi connectivity index (χ0n) is 8.44. The van der Waals surface area contributed by atoms with Crippen molar-refractivity contribution in [1.29, 1.82) is 0 Å². The first kappa shape index (κ1) is 13.2. The Bertz CT molecular complexity index is 354. The van der Waals surface area contributed by atoms with Gasteiger partial charge in [0.1, 0.15) is 5.60 Å². The maximum Gasteiger partial charge on any atom is 0.398 e. The zero-order valence-corrected chi connectivity index (χ0v) is 9.26. The summed E-state index contributed by atoms with van der Waals surface area (Å²) in [7, 11) is -4.45. The largest absolute Gasteiger partial charge is 0.398 e. The van der Waals surface area contributed by atoms with Crippen molar-refractivity contribution < 1.29 is 17.2 Å². The Balaban J connectivity index is 4.46. The maximum absolute atomic E-state index is 10.4. The molecule has 4 nitrogen and oxygen atoms in total. The molecule has 0 bridgehead atoms. The molecule has 0 radical (unpaired) electrons. The Morgan fingerprint density at radius 2 is 2.07 bits per heavy atom. The molecule has 1 N–H and O–H groups in total. The fourth-order valence-corrected chi connectivity index (χ4v) is 1.24. The SMILES string of the molecule is CCC=CC#CC(C)(C)OS(=O)(=O)O. The number of rotatable bonds is 3. The minimum absolute atomic E-state index is 0.855. The fourth-order valence-electron chi connectivity index (χ4n) is 0.676. The van der Waals surface area contributed by atoms with Crippen molar-refractivity contribution in [2.45, 2.75) is 32.8 Å². The highest BCUT2D eigenvalue weighted by Gasteiger charge is 2.22. The first-order valence-corrected chi connectivity index (χ1v) is 5.49. The first-order valence-electron chi connectivity index (χ1n) is 4.12. The maximum atomic E-state index is 10.4. The topological polar surface area (TPSA) is 63.6 Å². The Hall–Kier alpha value is -0.830. The molecular formula is C9H14O4S. The molecule has 0 fully saturated rings. The molecule has 0 aliphatic heterocycles. The average molecular weight is 218 g/mol. The lowest BCUT2D eigenvalue weighted by molar-refractivity contribution is 0.155. The second-order valence-corrected chi connectivity index (χ2v) is 4.12. The van der Waals surface area contributed by atoms with Gasteiger partial charge < -0.3 is 0 Å². The minimum Gasteiger partial charge on any atom is -0.263 e. The molecule has 0 aromatic rings. The van der Waals surface area contributed by atoms with Crippen LogP contribution in [0.25, 0.3) is 0 Å². The summed E-state index contributed by atoms with van der Waals surface area (Å²) in [6.45, 7) is 4.86. The summed E-state index contributed by atoms with van der Waals surface area (Å²) < 4.78 is 33.5. The van der Waals surface area contributed by atoms with E-state index in [1.807, 2.05) is 13.0 Å². The Kier molecular flexibility index (Phi) is 4.85. The van der Waals surface area contributed by atoms with Crippen molar-refractivity contribution in [1.82, 2.24) is 0 Å². The summed E-state index contributed by atoms with van der Waals surface area (Å²) in [4.78, 5) is 0. The van der Waals surface area contributed by atoms with Crippen molar-refractivity contribution in [2.24, 2.45) is 0 Å². The van der Waals surface area contributed by atoms with Gasteiger partial charge in [-0.1, -0.05) is 24.8 Å². The van der Waals surface area contributed by atoms with Gasteiger partial charge >= 0.3 is 10.4 Å². The van der Waals surface area contributed by atoms with Crippen LogP contribution >= 0.6 is 0 Å². The van der Waals surface area contributed by atoms with E-state index in [0.717, 1.165) is 6.42 Å². The third-order valence-corrected chi connectivity index (χ3v) is 1.75. The molecule has 0 heterocycles. The smallest absolute Gasteiger partial charge is 0.263 e. The van der Waals surface area contributed by atoms with E-state index >= 15 is 0 Å². The van der Waals surface area contributed by atoms with Gasteiger partial charge in [0, 0.05) is 0 Å². The van der Waals surface area contributed by atoms with Crippen molar-refractivity contribution in [3.63, 3.8) is 0 Å². The summed E-state index contributed by atoms with van der Waals surface area (Å²) in [5, 5.41) is 0. The van der Waals surface area contributed by atoms with E-state index in [1.165, 1.54) is 13.8 Å². The third kappa shape index (κ3) is 7.80. The molecule has 0 unspecified atom stereocenters. The molecule has 0 aromatic heterocycles. The fraction of sp³-hybridized carbons (Fsp3) is 0.556. The quantitative estimate of drug-likeness (QED) is 0.576. The molecular weight excluding hydrogens is 204 g/mol. The molecule has 0 aliphatic carbocycles. The lowest BCUT2D eigenvalue weighted by atomic mass is 10.1. The second-order valence-electron chi connectivity index (χ2n) is 3.10. The third-order valence-electron chi connectivity index (χ3n) is 1.12. The van der Waals surface area contributed by atoms with E-state index in [2.05, 4.69) is 16.0 Å². The van der Waals surface area contributed by atoms with Crippen molar-refractivity contribution in [3.8, 4) is 11.8 Å². The molecule has 0 saturated carbocycles. The minimum atomic E-state index is -4.45. The molecule has 0 atom stereocenters. The molecule has 0 aromatic carbocycles. The number of allylic oxidation sites excluding steroid dienone is 2. The zero-order chi connectivity index (χ0) is 11.2. The van der Waals surface area contributed by atoms with Gasteiger partial charge in [-0.05, 0) is 26.3 Å². The molecule has 0 spiro atoms. The standard InChI is InChI=1S/C9H14O4S/c1-4-5-6-7-8-9(2,3)13-14(10,11)12/h5-6H,4H2,1-3H3,(H,10,11,12). The summed E-state index contributed by atoms with van der Waals surface area (Å²) in [5.74, 6) is 5.17. The van der Waals surface area contributed by atoms with Gasteiger partial charge in [-0.15, -0.1) is 0 Å². The molecule has 14 heavy (non-hydrogen) atoms. The van der Waals surface area contributed by atoms with Crippen LogP contribution in [0.3, 0.4) is 0 Å². The normalized spacial score (nSPS) is 12.6. The van der Waals surface area contributed by atoms with Crippen LogP contribution in [0.5, 0.6) is 0 Å². The lowest BCUT2D eigenvalue weighted by Gasteiger charge is -2.14. The van der Waals surface area contributed by atoms with Gasteiger partial charge in [-0.3, -0.25) is 4.55 Å². The van der Waals surface area contributed by atoms with Gasteiger partial charge in [0.2, 0.25) is 0 Å². The summed E-state index contributed by atoms with van der Waals surface area (Å²) in [6, 6.07) is 0. The van der Waals surface area contributed by atoms with E-state index in [4.69, 9.17) is 4.55 Å². The predicted octanol–water partition coefficient (Wildman–Crippen LogP) is 1.55. The monoisotopic (exact) mass is 218 g/mol. The van der Waals surface area contributed by atoms with Gasteiger partial charge in [0.15, 0.2) is 0 Å². The highest BCUT2D eigenvalue weighted by Crippen LogP contribution is 2.10. The first-order chi connectivity index (χ1) is 6.27. The summed E-state index contributed by atoms with van der Waals surface area (Å²) in [6.07, 6.45) is 4.29. The van der Waals surface area contributed by atoms with Crippen molar-refractivity contribution in [2.75, 3.05) is 0 Å². The van der Waals surface area contributed by atoms with Crippen LogP contribution < -0.4 is 0 Å².